The number of sulfonamides is 1. The molecule has 1 aliphatic heterocycles. The number of amides is 1. The number of rotatable bonds is 11. The maximum absolute atomic E-state index is 14.6. The molecule has 214 valence electrons. The number of nitrogen functional groups attached to an aromatic ring is 1. The number of hydrogen-bond acceptors (Lipinski definition) is 8. The van der Waals surface area contributed by atoms with E-state index in [-0.39, 0.29) is 28.4 Å². The van der Waals surface area contributed by atoms with E-state index in [1.165, 1.54) is 36.4 Å². The van der Waals surface area contributed by atoms with E-state index in [1.807, 2.05) is 13.8 Å². The van der Waals surface area contributed by atoms with Crippen LogP contribution in [0.5, 0.6) is 5.75 Å². The molecule has 1 amide bonds. The fraction of sp³-hybridized carbons (Fsp3) is 0.414. The Morgan fingerprint density at radius 1 is 1.20 bits per heavy atom. The van der Waals surface area contributed by atoms with Crippen LogP contribution in [0.4, 0.5) is 16.0 Å². The highest BCUT2D eigenvalue weighted by molar-refractivity contribution is 7.90. The van der Waals surface area contributed by atoms with E-state index in [2.05, 4.69) is 21.5 Å². The van der Waals surface area contributed by atoms with Gasteiger partial charge in [-0.2, -0.15) is 8.42 Å². The summed E-state index contributed by atoms with van der Waals surface area (Å²) >= 11 is 0. The molecule has 0 radical (unpaired) electrons. The van der Waals surface area contributed by atoms with Gasteiger partial charge in [0.1, 0.15) is 23.2 Å². The zero-order valence-corrected chi connectivity index (χ0v) is 23.9. The van der Waals surface area contributed by atoms with E-state index in [0.29, 0.717) is 36.0 Å². The summed E-state index contributed by atoms with van der Waals surface area (Å²) in [5.41, 5.74) is 6.69. The molecule has 3 aromatic rings. The number of nitrogens with one attached hydrogen (secondary N) is 1. The summed E-state index contributed by atoms with van der Waals surface area (Å²) in [5, 5.41) is -0.359. The molecule has 1 saturated heterocycles. The second-order valence-corrected chi connectivity index (χ2v) is 12.0. The van der Waals surface area contributed by atoms with Gasteiger partial charge in [-0.1, -0.05) is 39.7 Å². The molecule has 4 rings (SSSR count). The Balaban J connectivity index is 1.73. The summed E-state index contributed by atoms with van der Waals surface area (Å²) in [6.07, 6.45) is 4.81. The molecule has 0 unspecified atom stereocenters. The summed E-state index contributed by atoms with van der Waals surface area (Å²) in [4.78, 5) is 24.1. The summed E-state index contributed by atoms with van der Waals surface area (Å²) in [6, 6.07) is 11.8. The van der Waals surface area contributed by atoms with Crippen molar-refractivity contribution in [1.29, 1.82) is 0 Å². The fourth-order valence-corrected chi connectivity index (χ4v) is 5.67. The van der Waals surface area contributed by atoms with Crippen LogP contribution in [0.15, 0.2) is 53.6 Å². The first-order chi connectivity index (χ1) is 19.1. The first-order valence-corrected chi connectivity index (χ1v) is 15.1. The molecule has 9 nitrogen and oxygen atoms in total. The van der Waals surface area contributed by atoms with Crippen molar-refractivity contribution in [3.05, 3.63) is 59.9 Å². The van der Waals surface area contributed by atoms with Gasteiger partial charge >= 0.3 is 0 Å². The Bertz CT molecular complexity index is 1460. The van der Waals surface area contributed by atoms with E-state index >= 15 is 0 Å². The average Bonchev–Trinajstić information content (AvgIpc) is 3.38. The zero-order chi connectivity index (χ0) is 28.9. The number of benzene rings is 1. The van der Waals surface area contributed by atoms with Crippen LogP contribution in [0, 0.1) is 11.7 Å². The molecule has 11 heteroatoms. The van der Waals surface area contributed by atoms with Gasteiger partial charge in [-0.3, -0.25) is 4.79 Å². The molecule has 3 heterocycles. The van der Waals surface area contributed by atoms with Crippen LogP contribution in [0.1, 0.15) is 63.2 Å². The number of unbranched alkanes of at least 4 members (excludes halogenated alkanes) is 1. The highest BCUT2D eigenvalue weighted by Crippen LogP contribution is 2.33. The van der Waals surface area contributed by atoms with Crippen molar-refractivity contribution < 1.29 is 22.3 Å². The van der Waals surface area contributed by atoms with Gasteiger partial charge in [0, 0.05) is 24.2 Å². The van der Waals surface area contributed by atoms with Crippen LogP contribution < -0.4 is 20.1 Å². The van der Waals surface area contributed by atoms with E-state index < -0.39 is 21.7 Å². The Morgan fingerprint density at radius 3 is 2.73 bits per heavy atom. The number of ether oxygens (including phenoxy) is 1. The molecular weight excluding hydrogens is 533 g/mol. The summed E-state index contributed by atoms with van der Waals surface area (Å²) in [6.45, 7) is 7.23. The zero-order valence-electron chi connectivity index (χ0n) is 23.1. The van der Waals surface area contributed by atoms with Crippen LogP contribution in [-0.2, 0) is 10.0 Å². The number of carbonyl (C=O) groups excluding carboxylic acids is 1. The Morgan fingerprint density at radius 2 is 2.00 bits per heavy atom. The molecule has 1 aliphatic rings. The smallest absolute Gasteiger partial charge is 0.281 e. The predicted octanol–water partition coefficient (Wildman–Crippen LogP) is 5.18. The van der Waals surface area contributed by atoms with E-state index in [4.69, 9.17) is 15.5 Å². The molecule has 0 spiro atoms. The maximum Gasteiger partial charge on any atom is 0.281 e. The van der Waals surface area contributed by atoms with Crippen molar-refractivity contribution in [2.24, 2.45) is 5.92 Å². The largest absolute Gasteiger partial charge is 0.493 e. The minimum Gasteiger partial charge on any atom is -0.493 e. The number of halogens is 1. The molecule has 3 N–H and O–H groups in total. The standard InChI is InChI=1S/C29H36FN5O4S/c1-4-5-8-22-9-7-14-35(22)28-24(29(36)34-40(37,38)27-11-6-10-26(31)33-27)12-13-25(32-28)20-15-21(30)17-23(16-20)39-18-19(2)3/h6,10-13,15-17,19,22H,4-5,7-9,14,18H2,1-3H3,(H2,31,33)(H,34,36)/t22-/m1/s1. The first kappa shape index (κ1) is 29.3. The van der Waals surface area contributed by atoms with Crippen LogP contribution in [0.25, 0.3) is 11.3 Å². The van der Waals surface area contributed by atoms with Gasteiger partial charge < -0.3 is 15.4 Å². The minimum atomic E-state index is -4.29. The van der Waals surface area contributed by atoms with E-state index in [1.54, 1.807) is 12.1 Å². The van der Waals surface area contributed by atoms with E-state index in [9.17, 15) is 17.6 Å². The van der Waals surface area contributed by atoms with Crippen LogP contribution in [0.3, 0.4) is 0 Å². The average molecular weight is 570 g/mol. The lowest BCUT2D eigenvalue weighted by molar-refractivity contribution is 0.0981. The Kier molecular flexibility index (Phi) is 9.24. The SMILES string of the molecule is CCCC[C@@H]1CCCN1c1nc(-c2cc(F)cc(OCC(C)C)c2)ccc1C(=O)NS(=O)(=O)c1cccc(N)n1. The van der Waals surface area contributed by atoms with Gasteiger partial charge in [0.2, 0.25) is 0 Å². The topological polar surface area (TPSA) is 128 Å². The highest BCUT2D eigenvalue weighted by atomic mass is 32.2. The second-order valence-electron chi connectivity index (χ2n) is 10.4. The number of pyridine rings is 2. The van der Waals surface area contributed by atoms with Crippen molar-refractivity contribution in [1.82, 2.24) is 14.7 Å². The van der Waals surface area contributed by atoms with Gasteiger partial charge in [0.25, 0.3) is 15.9 Å². The molecule has 0 saturated carbocycles. The number of nitrogens with zero attached hydrogens (tertiary/aromatic N) is 3. The van der Waals surface area contributed by atoms with Gasteiger partial charge in [-0.05, 0) is 61.6 Å². The molecular formula is C29H36FN5O4S. The van der Waals surface area contributed by atoms with Crippen molar-refractivity contribution in [2.75, 3.05) is 23.8 Å². The summed E-state index contributed by atoms with van der Waals surface area (Å²) < 4.78 is 48.3. The molecule has 2 aromatic heterocycles. The molecule has 40 heavy (non-hydrogen) atoms. The van der Waals surface area contributed by atoms with Gasteiger partial charge in [0.15, 0.2) is 5.03 Å². The lowest BCUT2D eigenvalue weighted by Gasteiger charge is -2.28. The molecule has 1 fully saturated rings. The van der Waals surface area contributed by atoms with Crippen molar-refractivity contribution in [2.45, 2.75) is 63.9 Å². The summed E-state index contributed by atoms with van der Waals surface area (Å²) in [7, 11) is -4.29. The first-order valence-electron chi connectivity index (χ1n) is 13.6. The monoisotopic (exact) mass is 569 g/mol. The molecule has 0 bridgehead atoms. The lowest BCUT2D eigenvalue weighted by Crippen LogP contribution is -2.35. The predicted molar refractivity (Wildman–Crippen MR) is 153 cm³/mol. The fourth-order valence-electron chi connectivity index (χ4n) is 4.73. The van der Waals surface area contributed by atoms with Crippen LogP contribution in [0.2, 0.25) is 0 Å². The molecule has 1 aromatic carbocycles. The third kappa shape index (κ3) is 7.07. The van der Waals surface area contributed by atoms with Crippen molar-refractivity contribution in [3.8, 4) is 17.0 Å². The Labute approximate surface area is 235 Å². The van der Waals surface area contributed by atoms with Crippen molar-refractivity contribution in [3.63, 3.8) is 0 Å². The molecule has 0 aliphatic carbocycles. The number of aromatic nitrogens is 2. The van der Waals surface area contributed by atoms with Gasteiger partial charge in [0.05, 0.1) is 17.9 Å². The van der Waals surface area contributed by atoms with Gasteiger partial charge in [-0.25, -0.2) is 19.1 Å². The normalized spacial score (nSPS) is 15.4. The van der Waals surface area contributed by atoms with Crippen LogP contribution >= 0.6 is 0 Å². The lowest BCUT2D eigenvalue weighted by atomic mass is 10.1. The number of nitrogens with two attached hydrogens (primary N) is 1. The quantitative estimate of drug-likeness (QED) is 0.324. The molecule has 1 atom stereocenters. The second kappa shape index (κ2) is 12.6. The van der Waals surface area contributed by atoms with Crippen molar-refractivity contribution >= 4 is 27.6 Å². The number of anilines is 2. The third-order valence-corrected chi connectivity index (χ3v) is 7.89. The number of carbonyl (C=O) groups is 1. The third-order valence-electron chi connectivity index (χ3n) is 6.66. The van der Waals surface area contributed by atoms with Crippen LogP contribution in [-0.4, -0.2) is 43.5 Å². The maximum atomic E-state index is 14.6. The van der Waals surface area contributed by atoms with E-state index in [0.717, 1.165) is 32.1 Å². The number of hydrogen-bond donors (Lipinski definition) is 2. The summed E-state index contributed by atoms with van der Waals surface area (Å²) in [5.74, 6) is -0.272. The Hall–Kier alpha value is -3.73. The minimum absolute atomic E-state index is 0.0182. The highest BCUT2D eigenvalue weighted by Gasteiger charge is 2.31. The van der Waals surface area contributed by atoms with Gasteiger partial charge in [-0.15, -0.1) is 0 Å².